The molecule has 0 spiro atoms. The van der Waals surface area contributed by atoms with Crippen molar-refractivity contribution >= 4 is 22.9 Å². The molecule has 0 fully saturated rings. The van der Waals surface area contributed by atoms with Crippen molar-refractivity contribution in [2.75, 3.05) is 0 Å². The number of nitro benzene ring substituents is 1. The molecule has 0 saturated carbocycles. The van der Waals surface area contributed by atoms with Crippen LogP contribution in [0.3, 0.4) is 0 Å². The summed E-state index contributed by atoms with van der Waals surface area (Å²) in [4.78, 5) is 10.7. The smallest absolute Gasteiger partial charge is 0.258 e. The van der Waals surface area contributed by atoms with Gasteiger partial charge in [0.25, 0.3) is 5.69 Å². The number of benzene rings is 2. The van der Waals surface area contributed by atoms with Crippen molar-refractivity contribution in [3.05, 3.63) is 69.8 Å². The molecule has 0 aliphatic heterocycles. The van der Waals surface area contributed by atoms with Gasteiger partial charge in [-0.15, -0.1) is 0 Å². The molecule has 0 amide bonds. The number of nitrogens with zero attached hydrogens (tertiary/aromatic N) is 2. The standard InChI is InChI=1S/C14H12N2O3S/c1-11-2-8-14(9-3-11)20(19)15-10-12-4-6-13(7-5-12)16(17)18/h2-10H,1H3/b15-10+/t20-/m0/s1. The van der Waals surface area contributed by atoms with Crippen molar-refractivity contribution in [3.63, 3.8) is 0 Å². The van der Waals surface area contributed by atoms with Crippen molar-refractivity contribution < 1.29 is 9.13 Å². The molecular weight excluding hydrogens is 276 g/mol. The van der Waals surface area contributed by atoms with Gasteiger partial charge in [-0.1, -0.05) is 17.7 Å². The van der Waals surface area contributed by atoms with Gasteiger partial charge in [0.2, 0.25) is 0 Å². The van der Waals surface area contributed by atoms with Crippen molar-refractivity contribution in [2.24, 2.45) is 4.40 Å². The Morgan fingerprint density at radius 1 is 1.10 bits per heavy atom. The first-order chi connectivity index (χ1) is 9.56. The van der Waals surface area contributed by atoms with Crippen LogP contribution in [0.4, 0.5) is 5.69 Å². The van der Waals surface area contributed by atoms with Gasteiger partial charge in [0, 0.05) is 18.3 Å². The zero-order valence-corrected chi connectivity index (χ0v) is 11.5. The molecule has 0 saturated heterocycles. The molecule has 0 aromatic heterocycles. The first-order valence-electron chi connectivity index (χ1n) is 5.83. The minimum absolute atomic E-state index is 0.0156. The lowest BCUT2D eigenvalue weighted by Crippen LogP contribution is -1.91. The van der Waals surface area contributed by atoms with Crippen LogP contribution in [0.5, 0.6) is 0 Å². The highest BCUT2D eigenvalue weighted by Crippen LogP contribution is 2.12. The number of hydrogen-bond acceptors (Lipinski definition) is 3. The van der Waals surface area contributed by atoms with Crippen LogP contribution in [0.1, 0.15) is 11.1 Å². The molecule has 0 bridgehead atoms. The van der Waals surface area contributed by atoms with Gasteiger partial charge in [0.1, 0.15) is 0 Å². The third kappa shape index (κ3) is 3.58. The Hall–Kier alpha value is -2.34. The second-order valence-corrected chi connectivity index (χ2v) is 5.33. The molecule has 0 unspecified atom stereocenters. The summed E-state index contributed by atoms with van der Waals surface area (Å²) in [5, 5.41) is 10.5. The lowest BCUT2D eigenvalue weighted by molar-refractivity contribution is -0.384. The summed E-state index contributed by atoms with van der Waals surface area (Å²) in [7, 11) is -1.47. The van der Waals surface area contributed by atoms with Gasteiger partial charge in [0.05, 0.1) is 9.82 Å². The zero-order chi connectivity index (χ0) is 14.5. The van der Waals surface area contributed by atoms with Crippen LogP contribution in [0.2, 0.25) is 0 Å². The molecule has 6 heteroatoms. The molecule has 5 nitrogen and oxygen atoms in total. The first kappa shape index (κ1) is 14.1. The summed E-state index contributed by atoms with van der Waals surface area (Å²) >= 11 is 0. The fraction of sp³-hybridized carbons (Fsp3) is 0.0714. The van der Waals surface area contributed by atoms with Crippen LogP contribution in [0, 0.1) is 17.0 Å². The summed E-state index contributed by atoms with van der Waals surface area (Å²) in [5.74, 6) is 0. The van der Waals surface area contributed by atoms with Crippen LogP contribution >= 0.6 is 0 Å². The van der Waals surface area contributed by atoms with E-state index in [-0.39, 0.29) is 5.69 Å². The molecule has 102 valence electrons. The highest BCUT2D eigenvalue weighted by Gasteiger charge is 2.03. The van der Waals surface area contributed by atoms with E-state index in [2.05, 4.69) is 4.40 Å². The molecular formula is C14H12N2O3S. The van der Waals surface area contributed by atoms with E-state index in [4.69, 9.17) is 0 Å². The topological polar surface area (TPSA) is 72.6 Å². The highest BCUT2D eigenvalue weighted by molar-refractivity contribution is 7.83. The summed E-state index contributed by atoms with van der Waals surface area (Å²) in [6.45, 7) is 1.95. The minimum Gasteiger partial charge on any atom is -0.258 e. The molecule has 0 aliphatic carbocycles. The van der Waals surface area contributed by atoms with Gasteiger partial charge in [-0.3, -0.25) is 10.1 Å². The van der Waals surface area contributed by atoms with Gasteiger partial charge < -0.3 is 0 Å². The van der Waals surface area contributed by atoms with Gasteiger partial charge in [-0.2, -0.15) is 4.40 Å². The van der Waals surface area contributed by atoms with E-state index in [0.29, 0.717) is 10.5 Å². The maximum atomic E-state index is 11.9. The number of non-ortho nitro benzene ring substituents is 1. The van der Waals surface area contributed by atoms with Crippen molar-refractivity contribution in [3.8, 4) is 0 Å². The molecule has 0 aliphatic rings. The normalized spacial score (nSPS) is 12.4. The minimum atomic E-state index is -1.47. The molecule has 1 atom stereocenters. The number of hydrogen-bond donors (Lipinski definition) is 0. The molecule has 0 N–H and O–H groups in total. The monoisotopic (exact) mass is 288 g/mol. The number of nitro groups is 1. The largest absolute Gasteiger partial charge is 0.269 e. The Morgan fingerprint density at radius 2 is 1.70 bits per heavy atom. The fourth-order valence-corrected chi connectivity index (χ4v) is 2.21. The second-order valence-electron chi connectivity index (χ2n) is 4.15. The van der Waals surface area contributed by atoms with E-state index >= 15 is 0 Å². The van der Waals surface area contributed by atoms with Gasteiger partial charge >= 0.3 is 0 Å². The average Bonchev–Trinajstić information content (AvgIpc) is 2.46. The highest BCUT2D eigenvalue weighted by atomic mass is 32.2. The summed E-state index contributed by atoms with van der Waals surface area (Å²) in [6, 6.07) is 13.2. The van der Waals surface area contributed by atoms with Crippen LogP contribution < -0.4 is 0 Å². The third-order valence-electron chi connectivity index (χ3n) is 2.62. The second kappa shape index (κ2) is 6.21. The van der Waals surface area contributed by atoms with Crippen LogP contribution in [-0.2, 0) is 11.0 Å². The van der Waals surface area contributed by atoms with E-state index in [1.807, 2.05) is 19.1 Å². The molecule has 20 heavy (non-hydrogen) atoms. The Labute approximate surface area is 118 Å². The van der Waals surface area contributed by atoms with E-state index in [1.165, 1.54) is 18.3 Å². The van der Waals surface area contributed by atoms with Gasteiger partial charge in [-0.05, 0) is 36.8 Å². The SMILES string of the molecule is Cc1ccc([S@](=O)/N=C/c2ccc([N+](=O)[O-])cc2)cc1. The van der Waals surface area contributed by atoms with Crippen LogP contribution in [-0.4, -0.2) is 15.3 Å². The predicted octanol–water partition coefficient (Wildman–Crippen LogP) is 3.04. The fourth-order valence-electron chi connectivity index (χ4n) is 1.51. The summed E-state index contributed by atoms with van der Waals surface area (Å²) in [5.41, 5.74) is 1.77. The van der Waals surface area contributed by atoms with Crippen molar-refractivity contribution in [1.82, 2.24) is 0 Å². The molecule has 0 radical (unpaired) electrons. The quantitative estimate of drug-likeness (QED) is 0.493. The van der Waals surface area contributed by atoms with Crippen LogP contribution in [0.25, 0.3) is 0 Å². The predicted molar refractivity (Wildman–Crippen MR) is 78.3 cm³/mol. The van der Waals surface area contributed by atoms with Crippen molar-refractivity contribution in [1.29, 1.82) is 0 Å². The number of rotatable bonds is 4. The van der Waals surface area contributed by atoms with Crippen LogP contribution in [0.15, 0.2) is 57.8 Å². The molecule has 2 aromatic carbocycles. The Bertz CT molecular complexity index is 664. The van der Waals surface area contributed by atoms with E-state index in [9.17, 15) is 14.3 Å². The summed E-state index contributed by atoms with van der Waals surface area (Å²) < 4.78 is 15.9. The van der Waals surface area contributed by atoms with E-state index in [0.717, 1.165) is 5.56 Å². The first-order valence-corrected chi connectivity index (χ1v) is 6.94. The summed E-state index contributed by atoms with van der Waals surface area (Å²) in [6.07, 6.45) is 1.44. The lowest BCUT2D eigenvalue weighted by Gasteiger charge is -1.97. The maximum Gasteiger partial charge on any atom is 0.269 e. The van der Waals surface area contributed by atoms with E-state index in [1.54, 1.807) is 24.3 Å². The Kier molecular flexibility index (Phi) is 4.37. The third-order valence-corrected chi connectivity index (χ3v) is 3.60. The van der Waals surface area contributed by atoms with E-state index < -0.39 is 15.9 Å². The zero-order valence-electron chi connectivity index (χ0n) is 10.7. The maximum absolute atomic E-state index is 11.9. The molecule has 2 aromatic rings. The molecule has 2 rings (SSSR count). The van der Waals surface area contributed by atoms with Gasteiger partial charge in [-0.25, -0.2) is 4.21 Å². The average molecular weight is 288 g/mol. The lowest BCUT2D eigenvalue weighted by atomic mass is 10.2. The Morgan fingerprint density at radius 3 is 2.25 bits per heavy atom. The van der Waals surface area contributed by atoms with Gasteiger partial charge in [0.15, 0.2) is 11.0 Å². The molecule has 0 heterocycles. The number of aryl methyl sites for hydroxylation is 1. The van der Waals surface area contributed by atoms with Crippen molar-refractivity contribution in [2.45, 2.75) is 11.8 Å². The Balaban J connectivity index is 2.10.